The molecule has 0 radical (unpaired) electrons. The number of hydrogen-bond donors (Lipinski definition) is 0. The van der Waals surface area contributed by atoms with Gasteiger partial charge in [-0.05, 0) is 92.1 Å². The van der Waals surface area contributed by atoms with Gasteiger partial charge in [-0.3, -0.25) is 14.7 Å². The molecule has 0 atom stereocenters. The third-order valence-corrected chi connectivity index (χ3v) is 15.0. The summed E-state index contributed by atoms with van der Waals surface area (Å²) in [5.74, 6) is 1.44. The van der Waals surface area contributed by atoms with Crippen molar-refractivity contribution in [3.05, 3.63) is 308 Å². The van der Waals surface area contributed by atoms with Crippen LogP contribution in [0.15, 0.2) is 291 Å². The number of para-hydroxylation sites is 3. The van der Waals surface area contributed by atoms with Gasteiger partial charge in [0.2, 0.25) is 17.8 Å². The van der Waals surface area contributed by atoms with Crippen LogP contribution in [0.1, 0.15) is 16.7 Å². The van der Waals surface area contributed by atoms with Crippen LogP contribution in [0.5, 0.6) is 0 Å². The molecule has 0 spiro atoms. The van der Waals surface area contributed by atoms with E-state index in [1.165, 1.54) is 0 Å². The van der Waals surface area contributed by atoms with Gasteiger partial charge in [-0.2, -0.15) is 0 Å². The average Bonchev–Trinajstić information content (AvgIpc) is 3.11. The molecule has 0 aliphatic heterocycles. The Labute approximate surface area is 490 Å². The SMILES string of the molecule is Cc1c(N(c2ccccc2)c2nc(-c3ccccc3)cc(-c3ccccc3)n2)c(C)c(N(c2ccccc2)c2nc(-c3ccccc3)cc(-c3ccccc3)n2)c(C)c1N(c1ccccc1)c1nc(-c2ccccc2)cc(-c2ccccc2)n1. The number of nitrogens with zero attached hydrogens (tertiary/aromatic N) is 9. The molecule has 0 fully saturated rings. The Morgan fingerprint density at radius 2 is 0.357 bits per heavy atom. The summed E-state index contributed by atoms with van der Waals surface area (Å²) in [5, 5.41) is 0. The Kier molecular flexibility index (Phi) is 14.6. The van der Waals surface area contributed by atoms with E-state index in [4.69, 9.17) is 29.9 Å². The van der Waals surface area contributed by atoms with E-state index in [2.05, 4.69) is 199 Å². The van der Waals surface area contributed by atoms with Gasteiger partial charge in [0.15, 0.2) is 0 Å². The summed E-state index contributed by atoms with van der Waals surface area (Å²) in [4.78, 5) is 40.2. The van der Waals surface area contributed by atoms with E-state index in [0.717, 1.165) is 118 Å². The van der Waals surface area contributed by atoms with Crippen molar-refractivity contribution in [3.63, 3.8) is 0 Å². The van der Waals surface area contributed by atoms with Gasteiger partial charge in [0, 0.05) is 50.4 Å². The second kappa shape index (κ2) is 23.5. The van der Waals surface area contributed by atoms with E-state index in [1.54, 1.807) is 0 Å². The lowest BCUT2D eigenvalue weighted by Gasteiger charge is -2.37. The van der Waals surface area contributed by atoms with Crippen LogP contribution < -0.4 is 14.7 Å². The molecule has 402 valence electrons. The first-order chi connectivity index (χ1) is 41.4. The van der Waals surface area contributed by atoms with Crippen molar-refractivity contribution in [1.29, 1.82) is 0 Å². The minimum atomic E-state index is 0.480. The van der Waals surface area contributed by atoms with E-state index in [9.17, 15) is 0 Å². The summed E-state index contributed by atoms with van der Waals surface area (Å²) in [5.41, 5.74) is 18.3. The fraction of sp³-hybridized carbons (Fsp3) is 0.0400. The van der Waals surface area contributed by atoms with Crippen molar-refractivity contribution in [1.82, 2.24) is 29.9 Å². The Hall–Kier alpha value is -11.2. The van der Waals surface area contributed by atoms with Crippen LogP contribution in [-0.2, 0) is 0 Å². The van der Waals surface area contributed by atoms with Gasteiger partial charge in [0.05, 0.1) is 51.2 Å². The van der Waals surface area contributed by atoms with E-state index in [1.807, 2.05) is 127 Å². The number of hydrogen-bond acceptors (Lipinski definition) is 9. The summed E-state index contributed by atoms with van der Waals surface area (Å²) in [6.45, 7) is 6.60. The van der Waals surface area contributed by atoms with Gasteiger partial charge in [-0.1, -0.05) is 237 Å². The lowest BCUT2D eigenvalue weighted by Crippen LogP contribution is -2.24. The molecule has 0 bridgehead atoms. The molecule has 0 aliphatic rings. The third kappa shape index (κ3) is 10.6. The Bertz CT molecular complexity index is 3720. The Morgan fingerprint density at radius 3 is 0.524 bits per heavy atom. The second-order valence-corrected chi connectivity index (χ2v) is 20.4. The maximum absolute atomic E-state index is 5.59. The van der Waals surface area contributed by atoms with Gasteiger partial charge in [0.1, 0.15) is 0 Å². The molecular formula is C75H57N9. The molecule has 9 nitrogen and oxygen atoms in total. The van der Waals surface area contributed by atoms with E-state index >= 15 is 0 Å². The van der Waals surface area contributed by atoms with Crippen molar-refractivity contribution in [2.24, 2.45) is 0 Å². The lowest BCUT2D eigenvalue weighted by atomic mass is 9.95. The van der Waals surface area contributed by atoms with Crippen molar-refractivity contribution in [2.75, 3.05) is 14.7 Å². The molecule has 0 unspecified atom stereocenters. The quantitative estimate of drug-likeness (QED) is 0.0996. The van der Waals surface area contributed by atoms with Gasteiger partial charge in [-0.25, -0.2) is 29.9 Å². The van der Waals surface area contributed by atoms with Crippen molar-refractivity contribution >= 4 is 52.0 Å². The fourth-order valence-corrected chi connectivity index (χ4v) is 11.1. The zero-order chi connectivity index (χ0) is 56.8. The molecule has 0 aliphatic carbocycles. The molecule has 0 N–H and O–H groups in total. The van der Waals surface area contributed by atoms with Crippen LogP contribution in [0.2, 0.25) is 0 Å². The molecule has 13 aromatic rings. The second-order valence-electron chi connectivity index (χ2n) is 20.4. The lowest BCUT2D eigenvalue weighted by molar-refractivity contribution is 1.03. The highest BCUT2D eigenvalue weighted by Gasteiger charge is 2.34. The highest BCUT2D eigenvalue weighted by molar-refractivity contribution is 5.96. The molecule has 84 heavy (non-hydrogen) atoms. The highest BCUT2D eigenvalue weighted by Crippen LogP contribution is 2.53. The average molecular weight is 1080 g/mol. The van der Waals surface area contributed by atoms with Crippen molar-refractivity contribution < 1.29 is 0 Å². The van der Waals surface area contributed by atoms with E-state index in [0.29, 0.717) is 17.8 Å². The highest BCUT2D eigenvalue weighted by atomic mass is 15.3. The largest absolute Gasteiger partial charge is 0.278 e. The number of aromatic nitrogens is 6. The van der Waals surface area contributed by atoms with Gasteiger partial charge in [0.25, 0.3) is 0 Å². The minimum Gasteiger partial charge on any atom is -0.278 e. The summed E-state index contributed by atoms with van der Waals surface area (Å²) in [7, 11) is 0. The standard InChI is InChI=1S/C75H57N9/c1-52-70(82(61-43-25-10-26-44-61)73-76-64(55-31-13-4-14-32-55)49-65(77-73)56-33-15-5-16-34-56)53(2)72(84(63-47-29-12-30-48-63)75-80-68(59-39-21-8-22-40-59)51-69(81-75)60-41-23-9-24-42-60)54(3)71(52)83(62-45-27-11-28-46-62)74-78-66(57-35-17-6-18-36-57)50-67(79-74)58-37-19-7-20-38-58/h4-51H,1-3H3. The van der Waals surface area contributed by atoms with E-state index < -0.39 is 0 Å². The van der Waals surface area contributed by atoms with E-state index in [-0.39, 0.29) is 0 Å². The zero-order valence-electron chi connectivity index (χ0n) is 46.7. The minimum absolute atomic E-state index is 0.480. The maximum atomic E-state index is 5.59. The van der Waals surface area contributed by atoms with Gasteiger partial charge in [-0.15, -0.1) is 0 Å². The molecule has 10 aromatic carbocycles. The van der Waals surface area contributed by atoms with Gasteiger partial charge < -0.3 is 0 Å². The topological polar surface area (TPSA) is 87.1 Å². The molecule has 3 aromatic heterocycles. The first-order valence-electron chi connectivity index (χ1n) is 28.1. The van der Waals surface area contributed by atoms with Crippen molar-refractivity contribution in [2.45, 2.75) is 20.8 Å². The van der Waals surface area contributed by atoms with Crippen LogP contribution in [0, 0.1) is 20.8 Å². The zero-order valence-corrected chi connectivity index (χ0v) is 46.7. The number of anilines is 9. The number of rotatable bonds is 15. The first kappa shape index (κ1) is 52.2. The predicted molar refractivity (Wildman–Crippen MR) is 344 cm³/mol. The molecule has 13 rings (SSSR count). The Balaban J connectivity index is 1.18. The van der Waals surface area contributed by atoms with Crippen LogP contribution in [0.25, 0.3) is 67.5 Å². The van der Waals surface area contributed by atoms with Crippen LogP contribution in [-0.4, -0.2) is 29.9 Å². The third-order valence-electron chi connectivity index (χ3n) is 15.0. The summed E-state index contributed by atoms with van der Waals surface area (Å²) < 4.78 is 0. The van der Waals surface area contributed by atoms with Crippen LogP contribution in [0.3, 0.4) is 0 Å². The normalized spacial score (nSPS) is 11.0. The van der Waals surface area contributed by atoms with Crippen molar-refractivity contribution in [3.8, 4) is 67.5 Å². The molecule has 3 heterocycles. The molecule has 0 saturated heterocycles. The summed E-state index contributed by atoms with van der Waals surface area (Å²) in [6, 6.07) is 99.5. The maximum Gasteiger partial charge on any atom is 0.235 e. The molecule has 0 saturated carbocycles. The molecule has 0 amide bonds. The summed E-state index contributed by atoms with van der Waals surface area (Å²) >= 11 is 0. The first-order valence-corrected chi connectivity index (χ1v) is 28.1. The van der Waals surface area contributed by atoms with Crippen LogP contribution in [0.4, 0.5) is 52.0 Å². The van der Waals surface area contributed by atoms with Gasteiger partial charge >= 0.3 is 0 Å². The fourth-order valence-electron chi connectivity index (χ4n) is 11.1. The smallest absolute Gasteiger partial charge is 0.235 e. The number of benzene rings is 10. The molecule has 9 heteroatoms. The van der Waals surface area contributed by atoms with Crippen LogP contribution >= 0.6 is 0 Å². The monoisotopic (exact) mass is 1080 g/mol. The summed E-state index contributed by atoms with van der Waals surface area (Å²) in [6.07, 6.45) is 0. The predicted octanol–water partition coefficient (Wildman–Crippen LogP) is 19.4. The Morgan fingerprint density at radius 1 is 0.202 bits per heavy atom. The molecular weight excluding hydrogens is 1030 g/mol.